The predicted octanol–water partition coefficient (Wildman–Crippen LogP) is 1.80. The van der Waals surface area contributed by atoms with Gasteiger partial charge >= 0.3 is 0 Å². The topological polar surface area (TPSA) is 85.8 Å². The van der Waals surface area contributed by atoms with E-state index in [1.165, 1.54) is 5.69 Å². The summed E-state index contributed by atoms with van der Waals surface area (Å²) in [6, 6.07) is 19.1. The van der Waals surface area contributed by atoms with Crippen molar-refractivity contribution in [2.45, 2.75) is 24.3 Å². The van der Waals surface area contributed by atoms with Crippen LogP contribution in [0.15, 0.2) is 70.6 Å². The molecule has 29 heavy (non-hydrogen) atoms. The molecule has 8 heteroatoms. The number of para-hydroxylation sites is 1. The fourth-order valence-corrected chi connectivity index (χ4v) is 4.34. The van der Waals surface area contributed by atoms with Gasteiger partial charge in [-0.05, 0) is 37.6 Å². The van der Waals surface area contributed by atoms with E-state index in [4.69, 9.17) is 0 Å². The van der Waals surface area contributed by atoms with Crippen LogP contribution in [0.5, 0.6) is 0 Å². The first-order valence-electron chi connectivity index (χ1n) is 9.98. The van der Waals surface area contributed by atoms with Crippen LogP contribution in [0.1, 0.15) is 13.3 Å². The quantitative estimate of drug-likeness (QED) is 0.348. The fraction of sp³-hybridized carbons (Fsp3) is 0.381. The summed E-state index contributed by atoms with van der Waals surface area (Å²) < 4.78 is 27.1. The predicted molar refractivity (Wildman–Crippen MR) is 118 cm³/mol. The molecule has 3 rings (SSSR count). The minimum atomic E-state index is -3.50. The molecule has 1 heterocycles. The Morgan fingerprint density at radius 1 is 1.10 bits per heavy atom. The summed E-state index contributed by atoms with van der Waals surface area (Å²) in [5.74, 6) is 0.714. The van der Waals surface area contributed by atoms with Gasteiger partial charge in [-0.15, -0.1) is 0 Å². The van der Waals surface area contributed by atoms with Crippen LogP contribution in [-0.2, 0) is 10.0 Å². The van der Waals surface area contributed by atoms with E-state index in [0.717, 1.165) is 26.1 Å². The number of aliphatic imine (C=N–C) groups is 1. The van der Waals surface area contributed by atoms with Crippen LogP contribution < -0.4 is 20.3 Å². The third-order valence-corrected chi connectivity index (χ3v) is 6.20. The summed E-state index contributed by atoms with van der Waals surface area (Å²) >= 11 is 0. The molecule has 2 aromatic carbocycles. The summed E-state index contributed by atoms with van der Waals surface area (Å²) in [6.45, 7) is 5.27. The average Bonchev–Trinajstić information content (AvgIpc) is 3.21. The maximum Gasteiger partial charge on any atom is 0.240 e. The highest BCUT2D eigenvalue weighted by molar-refractivity contribution is 7.89. The lowest BCUT2D eigenvalue weighted by Gasteiger charge is -2.20. The molecular weight excluding hydrogens is 386 g/mol. The Labute approximate surface area is 173 Å². The van der Waals surface area contributed by atoms with Crippen LogP contribution >= 0.6 is 0 Å². The van der Waals surface area contributed by atoms with Crippen LogP contribution in [0, 0.1) is 0 Å². The van der Waals surface area contributed by atoms with E-state index >= 15 is 0 Å². The molecule has 1 atom stereocenters. The lowest BCUT2D eigenvalue weighted by Crippen LogP contribution is -2.45. The fourth-order valence-electron chi connectivity index (χ4n) is 3.30. The Balaban J connectivity index is 1.50. The highest BCUT2D eigenvalue weighted by Crippen LogP contribution is 2.19. The summed E-state index contributed by atoms with van der Waals surface area (Å²) in [7, 11) is -3.50. The van der Waals surface area contributed by atoms with Gasteiger partial charge in [-0.1, -0.05) is 36.4 Å². The summed E-state index contributed by atoms with van der Waals surface area (Å²) in [4.78, 5) is 7.14. The van der Waals surface area contributed by atoms with E-state index in [0.29, 0.717) is 18.5 Å². The molecule has 0 aromatic heterocycles. The summed E-state index contributed by atoms with van der Waals surface area (Å²) in [5.41, 5.74) is 1.23. The number of anilines is 1. The molecule has 0 amide bonds. The van der Waals surface area contributed by atoms with E-state index in [2.05, 4.69) is 49.5 Å². The average molecular weight is 416 g/mol. The third-order valence-electron chi connectivity index (χ3n) is 4.72. The van der Waals surface area contributed by atoms with Crippen LogP contribution in [0.4, 0.5) is 5.69 Å². The van der Waals surface area contributed by atoms with Gasteiger partial charge in [0.1, 0.15) is 0 Å². The number of hydrogen-bond donors (Lipinski definition) is 3. The van der Waals surface area contributed by atoms with Crippen molar-refractivity contribution in [2.24, 2.45) is 4.99 Å². The Morgan fingerprint density at radius 2 is 1.79 bits per heavy atom. The molecule has 0 radical (unpaired) electrons. The molecule has 0 aliphatic carbocycles. The molecule has 0 spiro atoms. The number of nitrogens with one attached hydrogen (secondary N) is 3. The zero-order valence-electron chi connectivity index (χ0n) is 16.7. The Hall–Kier alpha value is -2.58. The lowest BCUT2D eigenvalue weighted by atomic mass is 10.3. The second kappa shape index (κ2) is 10.3. The SMILES string of the molecule is CCNC(=NCCNS(=O)(=O)c1ccccc1)NC1CCN(c2ccccc2)C1. The van der Waals surface area contributed by atoms with E-state index in [9.17, 15) is 8.42 Å². The number of sulfonamides is 1. The molecule has 0 saturated carbocycles. The van der Waals surface area contributed by atoms with E-state index in [-0.39, 0.29) is 11.4 Å². The van der Waals surface area contributed by atoms with Gasteiger partial charge in [0.15, 0.2) is 5.96 Å². The van der Waals surface area contributed by atoms with Crippen molar-refractivity contribution in [3.63, 3.8) is 0 Å². The van der Waals surface area contributed by atoms with Crippen LogP contribution in [0.25, 0.3) is 0 Å². The van der Waals surface area contributed by atoms with Crippen molar-refractivity contribution in [1.82, 2.24) is 15.4 Å². The summed E-state index contributed by atoms with van der Waals surface area (Å²) in [6.07, 6.45) is 1.03. The van der Waals surface area contributed by atoms with Gasteiger partial charge in [-0.3, -0.25) is 4.99 Å². The van der Waals surface area contributed by atoms with Crippen molar-refractivity contribution in [3.8, 4) is 0 Å². The normalized spacial score (nSPS) is 17.3. The largest absolute Gasteiger partial charge is 0.369 e. The zero-order valence-corrected chi connectivity index (χ0v) is 17.5. The molecule has 7 nitrogen and oxygen atoms in total. The first kappa shape index (κ1) is 21.1. The monoisotopic (exact) mass is 415 g/mol. The van der Waals surface area contributed by atoms with Gasteiger partial charge in [-0.2, -0.15) is 0 Å². The van der Waals surface area contributed by atoms with Crippen molar-refractivity contribution < 1.29 is 8.42 Å². The molecule has 1 saturated heterocycles. The lowest BCUT2D eigenvalue weighted by molar-refractivity contribution is 0.582. The number of rotatable bonds is 8. The standard InChI is InChI=1S/C21H29N5O2S/c1-2-22-21(23-14-15-24-29(27,28)20-11-7-4-8-12-20)25-18-13-16-26(17-18)19-9-5-3-6-10-19/h3-12,18,24H,2,13-17H2,1H3,(H2,22,23,25). The molecule has 3 N–H and O–H groups in total. The minimum absolute atomic E-state index is 0.245. The second-order valence-electron chi connectivity index (χ2n) is 6.88. The zero-order chi connectivity index (χ0) is 20.5. The van der Waals surface area contributed by atoms with Crippen LogP contribution in [0.2, 0.25) is 0 Å². The van der Waals surface area contributed by atoms with Gasteiger partial charge in [0.25, 0.3) is 0 Å². The van der Waals surface area contributed by atoms with E-state index in [1.807, 2.05) is 13.0 Å². The summed E-state index contributed by atoms with van der Waals surface area (Å²) in [5, 5.41) is 6.70. The Bertz CT molecular complexity index is 888. The van der Waals surface area contributed by atoms with E-state index in [1.54, 1.807) is 30.3 Å². The second-order valence-corrected chi connectivity index (χ2v) is 8.65. The smallest absolute Gasteiger partial charge is 0.240 e. The molecular formula is C21H29N5O2S. The Kier molecular flexibility index (Phi) is 7.48. The number of hydrogen-bond acceptors (Lipinski definition) is 4. The molecule has 1 aliphatic rings. The molecule has 2 aromatic rings. The highest BCUT2D eigenvalue weighted by atomic mass is 32.2. The first-order valence-corrected chi connectivity index (χ1v) is 11.5. The Morgan fingerprint density at radius 3 is 2.48 bits per heavy atom. The molecule has 156 valence electrons. The van der Waals surface area contributed by atoms with E-state index < -0.39 is 10.0 Å². The van der Waals surface area contributed by atoms with Crippen molar-refractivity contribution in [2.75, 3.05) is 37.6 Å². The van der Waals surface area contributed by atoms with Gasteiger partial charge in [0, 0.05) is 37.9 Å². The molecule has 0 bridgehead atoms. The molecule has 1 unspecified atom stereocenters. The highest BCUT2D eigenvalue weighted by Gasteiger charge is 2.23. The number of guanidine groups is 1. The number of benzene rings is 2. The molecule has 1 aliphatic heterocycles. The van der Waals surface area contributed by atoms with Crippen molar-refractivity contribution >= 4 is 21.7 Å². The van der Waals surface area contributed by atoms with Gasteiger partial charge in [0.2, 0.25) is 10.0 Å². The maximum atomic E-state index is 12.3. The van der Waals surface area contributed by atoms with Gasteiger partial charge in [-0.25, -0.2) is 13.1 Å². The van der Waals surface area contributed by atoms with Crippen molar-refractivity contribution in [3.05, 3.63) is 60.7 Å². The maximum absolute atomic E-state index is 12.3. The van der Waals surface area contributed by atoms with Crippen LogP contribution in [0.3, 0.4) is 0 Å². The van der Waals surface area contributed by atoms with Crippen molar-refractivity contribution in [1.29, 1.82) is 0 Å². The first-order chi connectivity index (χ1) is 14.1. The van der Waals surface area contributed by atoms with Gasteiger partial charge in [0.05, 0.1) is 11.4 Å². The third kappa shape index (κ3) is 6.20. The molecule has 1 fully saturated rings. The van der Waals surface area contributed by atoms with Crippen LogP contribution in [-0.4, -0.2) is 53.1 Å². The minimum Gasteiger partial charge on any atom is -0.369 e. The number of nitrogens with zero attached hydrogens (tertiary/aromatic N) is 2. The van der Waals surface area contributed by atoms with Gasteiger partial charge < -0.3 is 15.5 Å².